The van der Waals surface area contributed by atoms with Gasteiger partial charge in [0.2, 0.25) is 5.91 Å². The highest BCUT2D eigenvalue weighted by molar-refractivity contribution is 5.95. The molecule has 3 aromatic carbocycles. The number of hydrogen-bond acceptors (Lipinski definition) is 3. The molecule has 0 radical (unpaired) electrons. The number of nitrogens with zero attached hydrogens (tertiary/aromatic N) is 2. The van der Waals surface area contributed by atoms with Crippen LogP contribution in [0.15, 0.2) is 66.7 Å². The highest BCUT2D eigenvalue weighted by Gasteiger charge is 2.23. The van der Waals surface area contributed by atoms with Crippen LogP contribution in [0.2, 0.25) is 0 Å². The molecule has 1 aliphatic rings. The summed E-state index contributed by atoms with van der Waals surface area (Å²) in [5, 5.41) is 2.85. The van der Waals surface area contributed by atoms with Gasteiger partial charge in [0, 0.05) is 37.4 Å². The molecule has 4 rings (SSSR count). The van der Waals surface area contributed by atoms with E-state index in [9.17, 15) is 22.8 Å². The van der Waals surface area contributed by atoms with E-state index in [1.54, 1.807) is 29.2 Å². The predicted molar refractivity (Wildman–Crippen MR) is 119 cm³/mol. The van der Waals surface area contributed by atoms with Crippen LogP contribution in [-0.4, -0.2) is 54.3 Å². The predicted octanol–water partition coefficient (Wildman–Crippen LogP) is 4.17. The molecule has 0 unspecified atom stereocenters. The SMILES string of the molecule is O=C(CN1CCN(C(=O)c2ccc(-c3cc(F)c(F)c(F)c3)cc2)CC1)Nc1ccccc1. The van der Waals surface area contributed by atoms with Crippen LogP contribution in [0.3, 0.4) is 0 Å². The molecule has 1 N–H and O–H groups in total. The zero-order chi connectivity index (χ0) is 23.4. The fourth-order valence-corrected chi connectivity index (χ4v) is 3.74. The number of carbonyl (C=O) groups excluding carboxylic acids is 2. The molecule has 8 heteroatoms. The van der Waals surface area contributed by atoms with Crippen molar-refractivity contribution < 1.29 is 22.8 Å². The third-order valence-electron chi connectivity index (χ3n) is 5.53. The van der Waals surface area contributed by atoms with Gasteiger partial charge in [0.1, 0.15) is 0 Å². The number of halogens is 3. The van der Waals surface area contributed by atoms with E-state index in [2.05, 4.69) is 5.32 Å². The van der Waals surface area contributed by atoms with Gasteiger partial charge in [0.25, 0.3) is 5.91 Å². The van der Waals surface area contributed by atoms with Crippen molar-refractivity contribution in [2.45, 2.75) is 0 Å². The number of benzene rings is 3. The molecule has 170 valence electrons. The minimum absolute atomic E-state index is 0.106. The summed E-state index contributed by atoms with van der Waals surface area (Å²) in [4.78, 5) is 28.8. The summed E-state index contributed by atoms with van der Waals surface area (Å²) in [6.07, 6.45) is 0. The minimum Gasteiger partial charge on any atom is -0.336 e. The fraction of sp³-hybridized carbons (Fsp3) is 0.200. The number of anilines is 1. The molecular weight excluding hydrogens is 431 g/mol. The first-order chi connectivity index (χ1) is 15.9. The maximum absolute atomic E-state index is 13.5. The number of para-hydroxylation sites is 1. The first kappa shape index (κ1) is 22.5. The zero-order valence-corrected chi connectivity index (χ0v) is 17.7. The minimum atomic E-state index is -1.51. The lowest BCUT2D eigenvalue weighted by Crippen LogP contribution is -2.50. The van der Waals surface area contributed by atoms with Crippen molar-refractivity contribution in [1.29, 1.82) is 0 Å². The highest BCUT2D eigenvalue weighted by atomic mass is 19.2. The summed E-state index contributed by atoms with van der Waals surface area (Å²) in [7, 11) is 0. The molecule has 1 saturated heterocycles. The van der Waals surface area contributed by atoms with E-state index >= 15 is 0 Å². The van der Waals surface area contributed by atoms with E-state index in [0.29, 0.717) is 37.3 Å². The molecule has 0 spiro atoms. The number of nitrogens with one attached hydrogen (secondary N) is 1. The van der Waals surface area contributed by atoms with Crippen LogP contribution in [0, 0.1) is 17.5 Å². The summed E-state index contributed by atoms with van der Waals surface area (Å²) in [6.45, 7) is 2.35. The van der Waals surface area contributed by atoms with Crippen LogP contribution in [0.4, 0.5) is 18.9 Å². The average molecular weight is 453 g/mol. The lowest BCUT2D eigenvalue weighted by Gasteiger charge is -2.34. The molecule has 0 aliphatic carbocycles. The first-order valence-electron chi connectivity index (χ1n) is 10.5. The quantitative estimate of drug-likeness (QED) is 0.590. The van der Waals surface area contributed by atoms with Crippen LogP contribution >= 0.6 is 0 Å². The Balaban J connectivity index is 1.32. The summed E-state index contributed by atoms with van der Waals surface area (Å²) >= 11 is 0. The average Bonchev–Trinajstić information content (AvgIpc) is 2.83. The number of piperazine rings is 1. The van der Waals surface area contributed by atoms with Gasteiger partial charge in [0.05, 0.1) is 6.54 Å². The first-order valence-corrected chi connectivity index (χ1v) is 10.5. The maximum atomic E-state index is 13.5. The van der Waals surface area contributed by atoms with Gasteiger partial charge in [-0.15, -0.1) is 0 Å². The summed E-state index contributed by atoms with van der Waals surface area (Å²) < 4.78 is 40.2. The largest absolute Gasteiger partial charge is 0.336 e. The number of rotatable bonds is 5. The van der Waals surface area contributed by atoms with Gasteiger partial charge in [0.15, 0.2) is 17.5 Å². The molecule has 3 aromatic rings. The molecule has 0 saturated carbocycles. The van der Waals surface area contributed by atoms with E-state index in [1.807, 2.05) is 35.2 Å². The van der Waals surface area contributed by atoms with Crippen molar-refractivity contribution in [3.63, 3.8) is 0 Å². The number of carbonyl (C=O) groups is 2. The van der Waals surface area contributed by atoms with Gasteiger partial charge in [-0.3, -0.25) is 14.5 Å². The summed E-state index contributed by atoms with van der Waals surface area (Å²) in [5.41, 5.74) is 1.84. The van der Waals surface area contributed by atoms with Gasteiger partial charge in [-0.1, -0.05) is 30.3 Å². The van der Waals surface area contributed by atoms with E-state index in [-0.39, 0.29) is 23.9 Å². The van der Waals surface area contributed by atoms with Crippen molar-refractivity contribution in [1.82, 2.24) is 9.80 Å². The van der Waals surface area contributed by atoms with Gasteiger partial charge >= 0.3 is 0 Å². The molecule has 1 fully saturated rings. The molecule has 2 amide bonds. The normalized spacial score (nSPS) is 14.2. The second-order valence-corrected chi connectivity index (χ2v) is 7.81. The Kier molecular flexibility index (Phi) is 6.74. The molecule has 0 atom stereocenters. The Labute approximate surface area is 189 Å². The van der Waals surface area contributed by atoms with Crippen molar-refractivity contribution in [3.05, 3.63) is 89.7 Å². The van der Waals surface area contributed by atoms with E-state index in [0.717, 1.165) is 17.8 Å². The Morgan fingerprint density at radius 3 is 2.00 bits per heavy atom. The summed E-state index contributed by atoms with van der Waals surface area (Å²) in [5.74, 6) is -4.31. The Morgan fingerprint density at radius 1 is 0.788 bits per heavy atom. The van der Waals surface area contributed by atoms with Crippen molar-refractivity contribution in [2.24, 2.45) is 0 Å². The Morgan fingerprint density at radius 2 is 1.39 bits per heavy atom. The van der Waals surface area contributed by atoms with Crippen molar-refractivity contribution in [2.75, 3.05) is 38.0 Å². The van der Waals surface area contributed by atoms with E-state index in [4.69, 9.17) is 0 Å². The topological polar surface area (TPSA) is 52.7 Å². The smallest absolute Gasteiger partial charge is 0.253 e. The number of hydrogen-bond donors (Lipinski definition) is 1. The van der Waals surface area contributed by atoms with Crippen molar-refractivity contribution in [3.8, 4) is 11.1 Å². The van der Waals surface area contributed by atoms with Gasteiger partial charge < -0.3 is 10.2 Å². The second-order valence-electron chi connectivity index (χ2n) is 7.81. The lowest BCUT2D eigenvalue weighted by atomic mass is 10.0. The van der Waals surface area contributed by atoms with E-state index < -0.39 is 17.5 Å². The third kappa shape index (κ3) is 5.40. The number of amides is 2. The fourth-order valence-electron chi connectivity index (χ4n) is 3.74. The second kappa shape index (κ2) is 9.87. The van der Waals surface area contributed by atoms with Crippen molar-refractivity contribution >= 4 is 17.5 Å². The van der Waals surface area contributed by atoms with Crippen LogP contribution in [-0.2, 0) is 4.79 Å². The van der Waals surface area contributed by atoms with Crippen LogP contribution in [0.5, 0.6) is 0 Å². The monoisotopic (exact) mass is 453 g/mol. The molecule has 0 aromatic heterocycles. The van der Waals surface area contributed by atoms with Gasteiger partial charge in [-0.25, -0.2) is 13.2 Å². The Bertz CT molecular complexity index is 1120. The molecule has 33 heavy (non-hydrogen) atoms. The summed E-state index contributed by atoms with van der Waals surface area (Å²) in [6, 6.07) is 17.4. The standard InChI is InChI=1S/C25H22F3N3O2/c26-21-14-19(15-22(27)24(21)28)17-6-8-18(9-7-17)25(33)31-12-10-30(11-13-31)16-23(32)29-20-4-2-1-3-5-20/h1-9,14-15H,10-13,16H2,(H,29,32). The third-order valence-corrected chi connectivity index (χ3v) is 5.53. The lowest BCUT2D eigenvalue weighted by molar-refractivity contribution is -0.117. The van der Waals surface area contributed by atoms with Crippen LogP contribution in [0.25, 0.3) is 11.1 Å². The highest BCUT2D eigenvalue weighted by Crippen LogP contribution is 2.24. The molecule has 1 aliphatic heterocycles. The van der Waals surface area contributed by atoms with E-state index in [1.165, 1.54) is 0 Å². The molecule has 0 bridgehead atoms. The zero-order valence-electron chi connectivity index (χ0n) is 17.7. The van der Waals surface area contributed by atoms with Gasteiger partial charge in [-0.2, -0.15) is 0 Å². The van der Waals surface area contributed by atoms with Crippen LogP contribution in [0.1, 0.15) is 10.4 Å². The molecular formula is C25H22F3N3O2. The molecule has 5 nitrogen and oxygen atoms in total. The maximum Gasteiger partial charge on any atom is 0.253 e. The van der Waals surface area contributed by atoms with Crippen LogP contribution < -0.4 is 5.32 Å². The Hall–Kier alpha value is -3.65. The molecule has 1 heterocycles. The van der Waals surface area contributed by atoms with Gasteiger partial charge in [-0.05, 0) is 47.5 Å².